The number of urea groups is 1. The summed E-state index contributed by atoms with van der Waals surface area (Å²) in [5.74, 6) is 1.53. The second-order valence-corrected chi connectivity index (χ2v) is 7.66. The van der Waals surface area contributed by atoms with Crippen molar-refractivity contribution in [2.75, 3.05) is 13.1 Å². The first-order chi connectivity index (χ1) is 13.8. The predicted octanol–water partition coefficient (Wildman–Crippen LogP) is 3.40. The van der Waals surface area contributed by atoms with Gasteiger partial charge in [-0.25, -0.2) is 4.79 Å². The summed E-state index contributed by atoms with van der Waals surface area (Å²) in [4.78, 5) is 26.7. The zero-order valence-electron chi connectivity index (χ0n) is 17.4. The Balaban J connectivity index is 1.50. The zero-order valence-corrected chi connectivity index (χ0v) is 17.4. The molecule has 1 aromatic carbocycles. The molecule has 29 heavy (non-hydrogen) atoms. The summed E-state index contributed by atoms with van der Waals surface area (Å²) in [5.41, 5.74) is 1.56. The Labute approximate surface area is 171 Å². The van der Waals surface area contributed by atoms with Gasteiger partial charge in [0.1, 0.15) is 11.5 Å². The van der Waals surface area contributed by atoms with Gasteiger partial charge in [0.25, 0.3) is 5.91 Å². The fourth-order valence-electron chi connectivity index (χ4n) is 3.48. The van der Waals surface area contributed by atoms with Crippen molar-refractivity contribution < 1.29 is 18.7 Å². The molecule has 156 valence electrons. The standard InChI is InChI=1S/C22H29N3O4/c1-14-5-10-20(29-14)17(4)24-22(27)23-11-18-6-8-19(9-7-18)21(26)25-12-15(2)28-16(3)13-25/h5-10,15-17H,11-13H2,1-4H3,(H2,23,24,27)/t15-,16-,17-/m0/s1. The molecular weight excluding hydrogens is 370 g/mol. The number of carbonyl (C=O) groups is 2. The molecule has 0 saturated carbocycles. The molecule has 2 heterocycles. The lowest BCUT2D eigenvalue weighted by Crippen LogP contribution is -2.48. The molecule has 0 bridgehead atoms. The lowest BCUT2D eigenvalue weighted by molar-refractivity contribution is -0.0586. The topological polar surface area (TPSA) is 83.8 Å². The quantitative estimate of drug-likeness (QED) is 0.807. The number of amides is 3. The molecule has 3 rings (SSSR count). The van der Waals surface area contributed by atoms with Crippen molar-refractivity contribution in [2.45, 2.75) is 52.5 Å². The number of furan rings is 1. The van der Waals surface area contributed by atoms with Gasteiger partial charge in [-0.05, 0) is 57.5 Å². The van der Waals surface area contributed by atoms with E-state index < -0.39 is 0 Å². The number of nitrogens with one attached hydrogen (secondary N) is 2. The molecule has 1 saturated heterocycles. The average Bonchev–Trinajstić information content (AvgIpc) is 3.12. The molecular formula is C22H29N3O4. The molecule has 1 aliphatic rings. The number of carbonyl (C=O) groups excluding carboxylic acids is 2. The summed E-state index contributed by atoms with van der Waals surface area (Å²) >= 11 is 0. The van der Waals surface area contributed by atoms with Crippen molar-refractivity contribution in [3.8, 4) is 0 Å². The van der Waals surface area contributed by atoms with E-state index >= 15 is 0 Å². The van der Waals surface area contributed by atoms with Crippen LogP contribution < -0.4 is 10.6 Å². The van der Waals surface area contributed by atoms with Crippen molar-refractivity contribution >= 4 is 11.9 Å². The summed E-state index contributed by atoms with van der Waals surface area (Å²) < 4.78 is 11.2. The van der Waals surface area contributed by atoms with Crippen LogP contribution in [0.2, 0.25) is 0 Å². The van der Waals surface area contributed by atoms with E-state index in [1.165, 1.54) is 0 Å². The molecule has 1 fully saturated rings. The van der Waals surface area contributed by atoms with Gasteiger partial charge in [-0.1, -0.05) is 12.1 Å². The monoisotopic (exact) mass is 399 g/mol. The van der Waals surface area contributed by atoms with Gasteiger partial charge in [0.05, 0.1) is 18.2 Å². The fourth-order valence-corrected chi connectivity index (χ4v) is 3.48. The Kier molecular flexibility index (Phi) is 6.59. The van der Waals surface area contributed by atoms with Gasteiger partial charge in [-0.15, -0.1) is 0 Å². The van der Waals surface area contributed by atoms with Crippen LogP contribution in [0.25, 0.3) is 0 Å². The molecule has 1 aromatic heterocycles. The van der Waals surface area contributed by atoms with Crippen LogP contribution >= 0.6 is 0 Å². The number of hydrogen-bond donors (Lipinski definition) is 2. The molecule has 2 N–H and O–H groups in total. The van der Waals surface area contributed by atoms with Crippen molar-refractivity contribution in [2.24, 2.45) is 0 Å². The zero-order chi connectivity index (χ0) is 21.0. The van der Waals surface area contributed by atoms with Crippen LogP contribution in [0.15, 0.2) is 40.8 Å². The molecule has 0 radical (unpaired) electrons. The largest absolute Gasteiger partial charge is 0.464 e. The Morgan fingerprint density at radius 2 is 1.76 bits per heavy atom. The van der Waals surface area contributed by atoms with E-state index in [9.17, 15) is 9.59 Å². The summed E-state index contributed by atoms with van der Waals surface area (Å²) in [6.45, 7) is 9.25. The number of rotatable bonds is 5. The van der Waals surface area contributed by atoms with Crippen LogP contribution in [0, 0.1) is 6.92 Å². The maximum atomic E-state index is 12.7. The van der Waals surface area contributed by atoms with Gasteiger partial charge >= 0.3 is 6.03 Å². The Morgan fingerprint density at radius 3 is 2.34 bits per heavy atom. The minimum absolute atomic E-state index is 0.00631. The fraction of sp³-hybridized carbons (Fsp3) is 0.455. The summed E-state index contributed by atoms with van der Waals surface area (Å²) in [7, 11) is 0. The molecule has 1 aliphatic heterocycles. The SMILES string of the molecule is Cc1ccc([C@H](C)NC(=O)NCc2ccc(C(=O)N3C[C@H](C)O[C@@H](C)C3)cc2)o1. The van der Waals surface area contributed by atoms with E-state index in [0.29, 0.717) is 31.0 Å². The van der Waals surface area contributed by atoms with Crippen LogP contribution in [0.1, 0.15) is 54.3 Å². The minimum atomic E-state index is -0.275. The number of ether oxygens (including phenoxy) is 1. The second-order valence-electron chi connectivity index (χ2n) is 7.66. The van der Waals surface area contributed by atoms with E-state index in [1.54, 1.807) is 12.1 Å². The maximum Gasteiger partial charge on any atom is 0.315 e. The third-order valence-corrected chi connectivity index (χ3v) is 4.90. The third-order valence-electron chi connectivity index (χ3n) is 4.90. The number of nitrogens with zero attached hydrogens (tertiary/aromatic N) is 1. The number of hydrogen-bond acceptors (Lipinski definition) is 4. The van der Waals surface area contributed by atoms with Crippen LogP contribution in [0.5, 0.6) is 0 Å². The Hall–Kier alpha value is -2.80. The average molecular weight is 399 g/mol. The van der Waals surface area contributed by atoms with E-state index in [4.69, 9.17) is 9.15 Å². The number of benzene rings is 1. The molecule has 0 aliphatic carbocycles. The smallest absolute Gasteiger partial charge is 0.315 e. The molecule has 7 nitrogen and oxygen atoms in total. The van der Waals surface area contributed by atoms with E-state index in [-0.39, 0.29) is 30.2 Å². The van der Waals surface area contributed by atoms with Gasteiger partial charge in [-0.2, -0.15) is 0 Å². The van der Waals surface area contributed by atoms with E-state index in [0.717, 1.165) is 11.3 Å². The number of aryl methyl sites for hydroxylation is 1. The van der Waals surface area contributed by atoms with Gasteiger partial charge in [-0.3, -0.25) is 4.79 Å². The lowest BCUT2D eigenvalue weighted by Gasteiger charge is -2.35. The molecule has 7 heteroatoms. The normalized spacial score (nSPS) is 20.2. The molecule has 2 aromatic rings. The first kappa shape index (κ1) is 20.9. The molecule has 3 atom stereocenters. The Bertz CT molecular complexity index is 836. The summed E-state index contributed by atoms with van der Waals surface area (Å²) in [6, 6.07) is 10.6. The summed E-state index contributed by atoms with van der Waals surface area (Å²) in [6.07, 6.45) is 0.0781. The minimum Gasteiger partial charge on any atom is -0.464 e. The van der Waals surface area contributed by atoms with Gasteiger partial charge < -0.3 is 24.7 Å². The first-order valence-corrected chi connectivity index (χ1v) is 9.96. The van der Waals surface area contributed by atoms with Crippen LogP contribution in [-0.2, 0) is 11.3 Å². The van der Waals surface area contributed by atoms with Crippen LogP contribution in [-0.4, -0.2) is 42.1 Å². The van der Waals surface area contributed by atoms with Gasteiger partial charge in [0.15, 0.2) is 0 Å². The lowest BCUT2D eigenvalue weighted by atomic mass is 10.1. The highest BCUT2D eigenvalue weighted by Gasteiger charge is 2.26. The highest BCUT2D eigenvalue weighted by Crippen LogP contribution is 2.16. The van der Waals surface area contributed by atoms with Gasteiger partial charge in [0.2, 0.25) is 0 Å². The van der Waals surface area contributed by atoms with Crippen molar-refractivity contribution in [3.05, 3.63) is 59.0 Å². The number of morpholine rings is 1. The van der Waals surface area contributed by atoms with Crippen LogP contribution in [0.3, 0.4) is 0 Å². The highest BCUT2D eigenvalue weighted by atomic mass is 16.5. The first-order valence-electron chi connectivity index (χ1n) is 9.96. The maximum absolute atomic E-state index is 12.7. The molecule has 0 unspecified atom stereocenters. The Morgan fingerprint density at radius 1 is 1.10 bits per heavy atom. The van der Waals surface area contributed by atoms with E-state index in [1.807, 2.05) is 56.9 Å². The third kappa shape index (κ3) is 5.60. The van der Waals surface area contributed by atoms with Gasteiger partial charge in [0, 0.05) is 25.2 Å². The molecule has 3 amide bonds. The van der Waals surface area contributed by atoms with Crippen molar-refractivity contribution in [1.29, 1.82) is 0 Å². The van der Waals surface area contributed by atoms with Crippen molar-refractivity contribution in [1.82, 2.24) is 15.5 Å². The van der Waals surface area contributed by atoms with Crippen LogP contribution in [0.4, 0.5) is 4.79 Å². The van der Waals surface area contributed by atoms with E-state index in [2.05, 4.69) is 10.6 Å². The second kappa shape index (κ2) is 9.13. The molecule has 0 spiro atoms. The summed E-state index contributed by atoms with van der Waals surface area (Å²) in [5, 5.41) is 5.67. The predicted molar refractivity (Wildman–Crippen MR) is 110 cm³/mol. The van der Waals surface area contributed by atoms with Crippen molar-refractivity contribution in [3.63, 3.8) is 0 Å². The highest BCUT2D eigenvalue weighted by molar-refractivity contribution is 5.94.